The van der Waals surface area contributed by atoms with Crippen molar-refractivity contribution in [3.05, 3.63) is 24.3 Å². The van der Waals surface area contributed by atoms with Crippen LogP contribution in [0.2, 0.25) is 0 Å². The maximum atomic E-state index is 13.0. The van der Waals surface area contributed by atoms with Crippen LogP contribution in [0.25, 0.3) is 10.2 Å². The molecule has 0 saturated carbocycles. The van der Waals surface area contributed by atoms with Crippen molar-refractivity contribution >= 4 is 50.0 Å². The van der Waals surface area contributed by atoms with Crippen molar-refractivity contribution in [3.8, 4) is 0 Å². The highest BCUT2D eigenvalue weighted by Gasteiger charge is 2.40. The van der Waals surface area contributed by atoms with Gasteiger partial charge in [0.2, 0.25) is 5.13 Å². The van der Waals surface area contributed by atoms with Crippen molar-refractivity contribution in [2.24, 2.45) is 16.0 Å². The number of methoxy groups -OCH3 is 1. The third-order valence-corrected chi connectivity index (χ3v) is 5.05. The smallest absolute Gasteiger partial charge is 0.311 e. The molecule has 2 aromatic rings. The Kier molecular flexibility index (Phi) is 5.41. The fourth-order valence-electron chi connectivity index (χ4n) is 2.74. The normalized spacial score (nSPS) is 17.7. The molecule has 1 aromatic heterocycles. The molecule has 8 heteroatoms. The highest BCUT2D eigenvalue weighted by atomic mass is 32.1. The van der Waals surface area contributed by atoms with Gasteiger partial charge in [0.25, 0.3) is 5.91 Å². The number of hydrogen-bond donors (Lipinski definition) is 0. The molecule has 2 heterocycles. The standard InChI is InChI=1S/C18H20N4O3S/c1-4-9-19-11(2)16-13(10-15(23)25-3)21-22(17(16)24)18-20-12-7-5-6-8-14(12)26-18/h5-8,16H,4,9-10H2,1-3H3. The first-order chi connectivity index (χ1) is 12.5. The van der Waals surface area contributed by atoms with Gasteiger partial charge >= 0.3 is 5.97 Å². The molecule has 3 rings (SSSR count). The van der Waals surface area contributed by atoms with Crippen molar-refractivity contribution < 1.29 is 14.3 Å². The molecule has 7 nitrogen and oxygen atoms in total. The SMILES string of the molecule is CCCN=C(C)C1C(=O)N(c2nc3ccccc3s2)N=C1CC(=O)OC. The Labute approximate surface area is 155 Å². The number of hydrazone groups is 1. The molecule has 0 spiro atoms. The van der Waals surface area contributed by atoms with Crippen molar-refractivity contribution in [2.75, 3.05) is 18.7 Å². The summed E-state index contributed by atoms with van der Waals surface area (Å²) in [5.74, 6) is -1.32. The lowest BCUT2D eigenvalue weighted by atomic mass is 9.96. The topological polar surface area (TPSA) is 84.2 Å². The molecular weight excluding hydrogens is 352 g/mol. The van der Waals surface area contributed by atoms with E-state index in [1.54, 1.807) is 6.92 Å². The average molecular weight is 372 g/mol. The van der Waals surface area contributed by atoms with Gasteiger partial charge in [0.15, 0.2) is 0 Å². The van der Waals surface area contributed by atoms with Crippen LogP contribution in [0.1, 0.15) is 26.7 Å². The molecule has 136 valence electrons. The molecule has 1 atom stereocenters. The summed E-state index contributed by atoms with van der Waals surface area (Å²) in [6.07, 6.45) is 0.830. The molecule has 0 aliphatic carbocycles. The van der Waals surface area contributed by atoms with Gasteiger partial charge < -0.3 is 4.74 Å². The number of hydrogen-bond acceptors (Lipinski definition) is 7. The summed E-state index contributed by atoms with van der Waals surface area (Å²) in [6.45, 7) is 4.44. The number of aliphatic imine (C=N–C) groups is 1. The molecule has 1 aromatic carbocycles. The van der Waals surface area contributed by atoms with Gasteiger partial charge in [-0.3, -0.25) is 14.6 Å². The summed E-state index contributed by atoms with van der Waals surface area (Å²) in [7, 11) is 1.32. The van der Waals surface area contributed by atoms with Crippen molar-refractivity contribution in [1.82, 2.24) is 4.98 Å². The van der Waals surface area contributed by atoms with E-state index < -0.39 is 11.9 Å². The minimum absolute atomic E-state index is 0.0483. The zero-order chi connectivity index (χ0) is 18.7. The minimum Gasteiger partial charge on any atom is -0.469 e. The van der Waals surface area contributed by atoms with E-state index in [0.717, 1.165) is 16.6 Å². The molecule has 0 N–H and O–H groups in total. The third-order valence-electron chi connectivity index (χ3n) is 4.04. The average Bonchev–Trinajstić information content (AvgIpc) is 3.20. The Balaban J connectivity index is 1.97. The first kappa shape index (κ1) is 18.2. The number of anilines is 1. The van der Waals surface area contributed by atoms with E-state index in [-0.39, 0.29) is 12.3 Å². The second kappa shape index (κ2) is 7.74. The molecule has 1 unspecified atom stereocenters. The lowest BCUT2D eigenvalue weighted by Crippen LogP contribution is -2.33. The van der Waals surface area contributed by atoms with Gasteiger partial charge in [-0.05, 0) is 25.5 Å². The number of fused-ring (bicyclic) bond motifs is 1. The number of esters is 1. The van der Waals surface area contributed by atoms with Crippen molar-refractivity contribution in [3.63, 3.8) is 0 Å². The number of aromatic nitrogens is 1. The summed E-state index contributed by atoms with van der Waals surface area (Å²) in [4.78, 5) is 33.7. The van der Waals surface area contributed by atoms with Gasteiger partial charge in [-0.25, -0.2) is 4.98 Å². The molecule has 0 radical (unpaired) electrons. The Morgan fingerprint density at radius 3 is 2.85 bits per heavy atom. The van der Waals surface area contributed by atoms with E-state index in [4.69, 9.17) is 4.74 Å². The lowest BCUT2D eigenvalue weighted by Gasteiger charge is -2.12. The molecular formula is C18H20N4O3S. The molecule has 0 fully saturated rings. The largest absolute Gasteiger partial charge is 0.469 e. The minimum atomic E-state index is -0.646. The van der Waals surface area contributed by atoms with Gasteiger partial charge in [0.05, 0.1) is 29.5 Å². The number of nitrogens with zero attached hydrogens (tertiary/aromatic N) is 4. The van der Waals surface area contributed by atoms with E-state index in [0.29, 0.717) is 23.1 Å². The number of carbonyl (C=O) groups is 2. The third kappa shape index (κ3) is 3.50. The Bertz CT molecular complexity index is 870. The second-order valence-electron chi connectivity index (χ2n) is 5.91. The van der Waals surface area contributed by atoms with E-state index in [1.165, 1.54) is 23.5 Å². The maximum absolute atomic E-state index is 13.0. The van der Waals surface area contributed by atoms with Crippen LogP contribution in [0.5, 0.6) is 0 Å². The zero-order valence-corrected chi connectivity index (χ0v) is 15.7. The summed E-state index contributed by atoms with van der Waals surface area (Å²) < 4.78 is 5.72. The number of para-hydroxylation sites is 1. The fourth-order valence-corrected chi connectivity index (χ4v) is 3.67. The summed E-state index contributed by atoms with van der Waals surface area (Å²) in [5, 5.41) is 6.18. The van der Waals surface area contributed by atoms with E-state index >= 15 is 0 Å². The predicted molar refractivity (Wildman–Crippen MR) is 103 cm³/mol. The first-order valence-electron chi connectivity index (χ1n) is 8.39. The van der Waals surface area contributed by atoms with Gasteiger partial charge in [-0.1, -0.05) is 30.4 Å². The number of thiazole rings is 1. The molecule has 0 saturated heterocycles. The first-order valence-corrected chi connectivity index (χ1v) is 9.21. The Morgan fingerprint density at radius 1 is 1.38 bits per heavy atom. The number of carbonyl (C=O) groups excluding carboxylic acids is 2. The second-order valence-corrected chi connectivity index (χ2v) is 6.92. The monoisotopic (exact) mass is 372 g/mol. The van der Waals surface area contributed by atoms with Crippen LogP contribution in [0, 0.1) is 5.92 Å². The van der Waals surface area contributed by atoms with Gasteiger partial charge in [-0.2, -0.15) is 10.1 Å². The summed E-state index contributed by atoms with van der Waals surface area (Å²) in [5.41, 5.74) is 1.91. The fraction of sp³-hybridized carbons (Fsp3) is 0.389. The van der Waals surface area contributed by atoms with Gasteiger partial charge in [0.1, 0.15) is 5.92 Å². The Hall–Kier alpha value is -2.61. The van der Waals surface area contributed by atoms with Crippen LogP contribution < -0.4 is 5.01 Å². The summed E-state index contributed by atoms with van der Waals surface area (Å²) in [6, 6.07) is 7.66. The quantitative estimate of drug-likeness (QED) is 0.576. The van der Waals surface area contributed by atoms with Crippen LogP contribution in [0.4, 0.5) is 5.13 Å². The highest BCUT2D eigenvalue weighted by Crippen LogP contribution is 2.33. The van der Waals surface area contributed by atoms with E-state index in [9.17, 15) is 9.59 Å². The Morgan fingerprint density at radius 2 is 2.15 bits per heavy atom. The molecule has 1 amide bonds. The highest BCUT2D eigenvalue weighted by molar-refractivity contribution is 7.22. The van der Waals surface area contributed by atoms with Gasteiger partial charge in [-0.15, -0.1) is 0 Å². The number of benzene rings is 1. The van der Waals surface area contributed by atoms with Crippen LogP contribution in [0.15, 0.2) is 34.4 Å². The van der Waals surface area contributed by atoms with Crippen molar-refractivity contribution in [1.29, 1.82) is 0 Å². The van der Waals surface area contributed by atoms with E-state index in [1.807, 2.05) is 31.2 Å². The lowest BCUT2D eigenvalue weighted by molar-refractivity contribution is -0.139. The molecule has 26 heavy (non-hydrogen) atoms. The molecule has 1 aliphatic rings. The maximum Gasteiger partial charge on any atom is 0.311 e. The molecule has 0 bridgehead atoms. The van der Waals surface area contributed by atoms with E-state index in [2.05, 4.69) is 15.1 Å². The van der Waals surface area contributed by atoms with Crippen molar-refractivity contribution in [2.45, 2.75) is 26.7 Å². The molecule has 1 aliphatic heterocycles. The van der Waals surface area contributed by atoms with Gasteiger partial charge in [0, 0.05) is 12.3 Å². The van der Waals surface area contributed by atoms with Crippen LogP contribution in [-0.2, 0) is 14.3 Å². The number of amides is 1. The van der Waals surface area contributed by atoms with Crippen LogP contribution in [0.3, 0.4) is 0 Å². The number of rotatable bonds is 6. The predicted octanol–water partition coefficient (Wildman–Crippen LogP) is 3.05. The number of ether oxygens (including phenoxy) is 1. The summed E-state index contributed by atoms with van der Waals surface area (Å²) >= 11 is 1.39. The van der Waals surface area contributed by atoms with Crippen LogP contribution >= 0.6 is 11.3 Å². The van der Waals surface area contributed by atoms with Crippen LogP contribution in [-0.4, -0.2) is 41.9 Å². The zero-order valence-electron chi connectivity index (χ0n) is 14.9.